The smallest absolute Gasteiger partial charge is 0.271 e. The van der Waals surface area contributed by atoms with Gasteiger partial charge >= 0.3 is 0 Å². The highest BCUT2D eigenvalue weighted by Gasteiger charge is 2.17. The minimum Gasteiger partial charge on any atom is -0.493 e. The van der Waals surface area contributed by atoms with Gasteiger partial charge in [-0.05, 0) is 38.0 Å². The molecule has 2 rings (SSSR count). The normalized spacial score (nSPS) is 11.1. The number of benzene rings is 1. The molecule has 152 valence electrons. The third-order valence-electron chi connectivity index (χ3n) is 4.46. The van der Waals surface area contributed by atoms with Crippen molar-refractivity contribution < 1.29 is 19.0 Å². The average molecular weight is 387 g/mol. The molecular weight excluding hydrogens is 358 g/mol. The zero-order valence-electron chi connectivity index (χ0n) is 17.6. The summed E-state index contributed by atoms with van der Waals surface area (Å²) >= 11 is 0. The molecule has 0 spiro atoms. The van der Waals surface area contributed by atoms with Crippen molar-refractivity contribution in [3.05, 3.63) is 40.7 Å². The fraction of sp³-hybridized carbons (Fsp3) is 0.429. The molecule has 7 heteroatoms. The van der Waals surface area contributed by atoms with E-state index < -0.39 is 0 Å². The second-order valence-electron chi connectivity index (χ2n) is 6.94. The summed E-state index contributed by atoms with van der Waals surface area (Å²) in [6.45, 7) is 9.44. The van der Waals surface area contributed by atoms with Crippen LogP contribution in [0.15, 0.2) is 23.3 Å². The first kappa shape index (κ1) is 21.3. The summed E-state index contributed by atoms with van der Waals surface area (Å²) < 4.78 is 18.1. The minimum atomic E-state index is -0.369. The molecule has 0 bridgehead atoms. The van der Waals surface area contributed by atoms with E-state index >= 15 is 0 Å². The summed E-state index contributed by atoms with van der Waals surface area (Å²) in [7, 11) is 4.52. The van der Waals surface area contributed by atoms with E-state index in [2.05, 4.69) is 48.9 Å². The number of amides is 1. The predicted molar refractivity (Wildman–Crippen MR) is 110 cm³/mol. The van der Waals surface area contributed by atoms with E-state index in [1.807, 2.05) is 0 Å². The molecular formula is C21H29N3O4. The first-order valence-electron chi connectivity index (χ1n) is 9.12. The quantitative estimate of drug-likeness (QED) is 0.555. The lowest BCUT2D eigenvalue weighted by molar-refractivity contribution is 0.0954. The Morgan fingerprint density at radius 3 is 2.21 bits per heavy atom. The number of ether oxygens (including phenoxy) is 3. The molecule has 1 heterocycles. The van der Waals surface area contributed by atoms with Crippen molar-refractivity contribution in [3.63, 3.8) is 0 Å². The second-order valence-corrected chi connectivity index (χ2v) is 6.94. The van der Waals surface area contributed by atoms with Gasteiger partial charge in [0.2, 0.25) is 5.75 Å². The number of rotatable bonds is 8. The molecule has 28 heavy (non-hydrogen) atoms. The third-order valence-corrected chi connectivity index (χ3v) is 4.46. The van der Waals surface area contributed by atoms with Gasteiger partial charge in [0.15, 0.2) is 11.5 Å². The zero-order valence-corrected chi connectivity index (χ0v) is 17.6. The lowest BCUT2D eigenvalue weighted by atomic mass is 10.1. The molecule has 0 saturated heterocycles. The maximum atomic E-state index is 12.5. The van der Waals surface area contributed by atoms with Crippen LogP contribution >= 0.6 is 0 Å². The van der Waals surface area contributed by atoms with Crippen LogP contribution in [0.1, 0.15) is 41.2 Å². The summed E-state index contributed by atoms with van der Waals surface area (Å²) in [6, 6.07) is 5.23. The number of carbonyl (C=O) groups excluding carboxylic acids is 1. The summed E-state index contributed by atoms with van der Waals surface area (Å²) in [4.78, 5) is 12.5. The van der Waals surface area contributed by atoms with Crippen LogP contribution in [-0.4, -0.2) is 38.0 Å². The first-order valence-corrected chi connectivity index (χ1v) is 9.12. The van der Waals surface area contributed by atoms with Gasteiger partial charge in [-0.3, -0.25) is 4.79 Å². The molecule has 0 aliphatic heterocycles. The van der Waals surface area contributed by atoms with Gasteiger partial charge in [-0.25, -0.2) is 5.43 Å². The van der Waals surface area contributed by atoms with E-state index in [0.29, 0.717) is 28.7 Å². The summed E-state index contributed by atoms with van der Waals surface area (Å²) in [5.74, 6) is 1.44. The fourth-order valence-electron chi connectivity index (χ4n) is 3.04. The molecule has 0 atom stereocenters. The van der Waals surface area contributed by atoms with Gasteiger partial charge < -0.3 is 18.8 Å². The standard InChI is InChI=1S/C21H29N3O4/c1-13(2)12-24-14(3)8-17(15(24)4)11-22-23-21(25)16-9-18(26-5)20(28-7)19(10-16)27-6/h8-11,13H,12H2,1-7H3,(H,23,25). The molecule has 0 aliphatic carbocycles. The van der Waals surface area contributed by atoms with E-state index in [0.717, 1.165) is 17.8 Å². The maximum Gasteiger partial charge on any atom is 0.271 e. The van der Waals surface area contributed by atoms with Crippen LogP contribution in [0.3, 0.4) is 0 Å². The number of nitrogens with one attached hydrogen (secondary N) is 1. The van der Waals surface area contributed by atoms with Crippen LogP contribution in [0.4, 0.5) is 0 Å². The molecule has 0 aliphatic rings. The number of aryl methyl sites for hydroxylation is 1. The Kier molecular flexibility index (Phi) is 7.09. The fourth-order valence-corrected chi connectivity index (χ4v) is 3.04. The summed E-state index contributed by atoms with van der Waals surface area (Å²) in [5.41, 5.74) is 6.18. The van der Waals surface area contributed by atoms with Crippen molar-refractivity contribution in [3.8, 4) is 17.2 Å². The number of hydrogen-bond acceptors (Lipinski definition) is 5. The molecule has 0 saturated carbocycles. The van der Waals surface area contributed by atoms with Crippen molar-refractivity contribution in [2.75, 3.05) is 21.3 Å². The molecule has 0 unspecified atom stereocenters. The Morgan fingerprint density at radius 2 is 1.71 bits per heavy atom. The minimum absolute atomic E-state index is 0.358. The molecule has 0 radical (unpaired) electrons. The summed E-state index contributed by atoms with van der Waals surface area (Å²) in [5, 5.41) is 4.12. The number of carbonyl (C=O) groups is 1. The van der Waals surface area contributed by atoms with Crippen LogP contribution in [0.25, 0.3) is 0 Å². The van der Waals surface area contributed by atoms with Gasteiger partial charge in [-0.1, -0.05) is 13.8 Å². The Hall–Kier alpha value is -2.96. The van der Waals surface area contributed by atoms with E-state index in [1.54, 1.807) is 18.3 Å². The maximum absolute atomic E-state index is 12.5. The SMILES string of the molecule is COc1cc(C(=O)NN=Cc2cc(C)n(CC(C)C)c2C)cc(OC)c1OC. The van der Waals surface area contributed by atoms with Crippen molar-refractivity contribution in [1.82, 2.24) is 9.99 Å². The highest BCUT2D eigenvalue weighted by molar-refractivity contribution is 5.96. The van der Waals surface area contributed by atoms with E-state index in [4.69, 9.17) is 14.2 Å². The first-order chi connectivity index (χ1) is 13.3. The van der Waals surface area contributed by atoms with Gasteiger partial charge in [-0.15, -0.1) is 0 Å². The van der Waals surface area contributed by atoms with Crippen LogP contribution in [-0.2, 0) is 6.54 Å². The van der Waals surface area contributed by atoms with Crippen LogP contribution in [0.2, 0.25) is 0 Å². The Bertz CT molecular complexity index is 844. The Morgan fingerprint density at radius 1 is 1.11 bits per heavy atom. The molecule has 2 aromatic rings. The van der Waals surface area contributed by atoms with E-state index in [1.165, 1.54) is 27.0 Å². The number of hydrazone groups is 1. The molecule has 1 amide bonds. The van der Waals surface area contributed by atoms with E-state index in [9.17, 15) is 4.79 Å². The Balaban J connectivity index is 2.18. The second kappa shape index (κ2) is 9.30. The largest absolute Gasteiger partial charge is 0.493 e. The highest BCUT2D eigenvalue weighted by Crippen LogP contribution is 2.38. The lowest BCUT2D eigenvalue weighted by Crippen LogP contribution is -2.18. The Labute approximate surface area is 166 Å². The van der Waals surface area contributed by atoms with Crippen LogP contribution in [0, 0.1) is 19.8 Å². The monoisotopic (exact) mass is 387 g/mol. The van der Waals surface area contributed by atoms with Gasteiger partial charge in [0.25, 0.3) is 5.91 Å². The molecule has 0 fully saturated rings. The van der Waals surface area contributed by atoms with Crippen LogP contribution < -0.4 is 19.6 Å². The zero-order chi connectivity index (χ0) is 20.8. The van der Waals surface area contributed by atoms with Gasteiger partial charge in [-0.2, -0.15) is 5.10 Å². The van der Waals surface area contributed by atoms with Crippen molar-refractivity contribution >= 4 is 12.1 Å². The molecule has 1 aromatic carbocycles. The van der Waals surface area contributed by atoms with Crippen molar-refractivity contribution in [2.45, 2.75) is 34.2 Å². The van der Waals surface area contributed by atoms with E-state index in [-0.39, 0.29) is 5.91 Å². The molecule has 1 aromatic heterocycles. The molecule has 7 nitrogen and oxygen atoms in total. The molecule has 1 N–H and O–H groups in total. The third kappa shape index (κ3) is 4.65. The summed E-state index contributed by atoms with van der Waals surface area (Å²) in [6.07, 6.45) is 1.66. The number of nitrogens with zero attached hydrogens (tertiary/aromatic N) is 2. The van der Waals surface area contributed by atoms with Crippen molar-refractivity contribution in [2.24, 2.45) is 11.0 Å². The number of methoxy groups -OCH3 is 3. The van der Waals surface area contributed by atoms with Gasteiger partial charge in [0.05, 0.1) is 27.5 Å². The predicted octanol–water partition coefficient (Wildman–Crippen LogP) is 3.55. The van der Waals surface area contributed by atoms with Gasteiger partial charge in [0, 0.05) is 29.1 Å². The van der Waals surface area contributed by atoms with Crippen LogP contribution in [0.5, 0.6) is 17.2 Å². The highest BCUT2D eigenvalue weighted by atomic mass is 16.5. The average Bonchev–Trinajstić information content (AvgIpc) is 2.93. The van der Waals surface area contributed by atoms with Crippen molar-refractivity contribution in [1.29, 1.82) is 0 Å². The lowest BCUT2D eigenvalue weighted by Gasteiger charge is -2.13. The van der Waals surface area contributed by atoms with Gasteiger partial charge in [0.1, 0.15) is 0 Å². The number of hydrogen-bond donors (Lipinski definition) is 1. The topological polar surface area (TPSA) is 74.1 Å². The number of aromatic nitrogens is 1.